The number of carbonyl (C=O) groups excluding carboxylic acids is 3. The second-order valence-corrected chi connectivity index (χ2v) is 7.39. The number of methoxy groups -OCH3 is 1. The SMILES string of the molecule is COC(=O)c1ccc(CN2C(=O)N/C(=C\c3cc([N+](=O)[O-])ccc3OCc3ccccc3)C2=O)o1. The third-order valence-electron chi connectivity index (χ3n) is 5.07. The van der Waals surface area contributed by atoms with E-state index in [1.54, 1.807) is 0 Å². The molecule has 1 aromatic heterocycles. The molecule has 3 aromatic rings. The summed E-state index contributed by atoms with van der Waals surface area (Å²) in [6.07, 6.45) is 1.32. The molecule has 178 valence electrons. The number of nitrogens with zero attached hydrogens (tertiary/aromatic N) is 2. The minimum atomic E-state index is -0.713. The van der Waals surface area contributed by atoms with Gasteiger partial charge in [-0.1, -0.05) is 30.3 Å². The zero-order chi connectivity index (χ0) is 24.9. The predicted octanol–water partition coefficient (Wildman–Crippen LogP) is 3.65. The van der Waals surface area contributed by atoms with Crippen LogP contribution in [-0.4, -0.2) is 34.8 Å². The van der Waals surface area contributed by atoms with Gasteiger partial charge in [0.05, 0.1) is 18.6 Å². The average Bonchev–Trinajstić information content (AvgIpc) is 3.43. The number of nitrogens with one attached hydrogen (secondary N) is 1. The molecule has 1 N–H and O–H groups in total. The lowest BCUT2D eigenvalue weighted by molar-refractivity contribution is -0.384. The van der Waals surface area contributed by atoms with Crippen LogP contribution in [0.25, 0.3) is 6.08 Å². The maximum absolute atomic E-state index is 12.9. The highest BCUT2D eigenvalue weighted by atomic mass is 16.6. The lowest BCUT2D eigenvalue weighted by atomic mass is 10.1. The topological polar surface area (TPSA) is 141 Å². The van der Waals surface area contributed by atoms with Crippen molar-refractivity contribution in [1.82, 2.24) is 10.2 Å². The maximum Gasteiger partial charge on any atom is 0.373 e. The monoisotopic (exact) mass is 477 g/mol. The summed E-state index contributed by atoms with van der Waals surface area (Å²) in [4.78, 5) is 48.5. The number of imide groups is 1. The van der Waals surface area contributed by atoms with Crippen molar-refractivity contribution in [2.45, 2.75) is 13.2 Å². The molecule has 1 fully saturated rings. The van der Waals surface area contributed by atoms with Crippen molar-refractivity contribution in [1.29, 1.82) is 0 Å². The molecule has 0 spiro atoms. The number of ether oxygens (including phenoxy) is 2. The number of non-ortho nitro benzene ring substituents is 1. The summed E-state index contributed by atoms with van der Waals surface area (Å²) in [6, 6.07) is 15.4. The van der Waals surface area contributed by atoms with Gasteiger partial charge in [0.1, 0.15) is 23.8 Å². The minimum absolute atomic E-state index is 0.0675. The molecule has 0 aliphatic carbocycles. The molecule has 4 rings (SSSR count). The van der Waals surface area contributed by atoms with E-state index < -0.39 is 22.8 Å². The maximum atomic E-state index is 12.9. The molecule has 1 aliphatic rings. The Kier molecular flexibility index (Phi) is 6.58. The van der Waals surface area contributed by atoms with E-state index in [2.05, 4.69) is 10.1 Å². The summed E-state index contributed by atoms with van der Waals surface area (Å²) >= 11 is 0. The van der Waals surface area contributed by atoms with Gasteiger partial charge in [0.25, 0.3) is 11.6 Å². The molecule has 0 unspecified atom stereocenters. The summed E-state index contributed by atoms with van der Waals surface area (Å²) in [5.41, 5.74) is 0.820. The number of nitro groups is 1. The zero-order valence-electron chi connectivity index (χ0n) is 18.4. The van der Waals surface area contributed by atoms with E-state index in [1.165, 1.54) is 43.5 Å². The second kappa shape index (κ2) is 9.91. The Morgan fingerprint density at radius 3 is 2.63 bits per heavy atom. The van der Waals surface area contributed by atoms with Crippen molar-refractivity contribution in [2.75, 3.05) is 7.11 Å². The van der Waals surface area contributed by atoms with Gasteiger partial charge in [-0.3, -0.25) is 19.8 Å². The van der Waals surface area contributed by atoms with Crippen LogP contribution in [0.2, 0.25) is 0 Å². The molecule has 1 aliphatic heterocycles. The molecule has 0 atom stereocenters. The first kappa shape index (κ1) is 23.2. The van der Waals surface area contributed by atoms with E-state index in [1.807, 2.05) is 30.3 Å². The van der Waals surface area contributed by atoms with Crippen LogP contribution in [0.3, 0.4) is 0 Å². The van der Waals surface area contributed by atoms with Crippen LogP contribution in [0.1, 0.15) is 27.4 Å². The second-order valence-electron chi connectivity index (χ2n) is 7.39. The fourth-order valence-corrected chi connectivity index (χ4v) is 3.33. The van der Waals surface area contributed by atoms with Gasteiger partial charge < -0.3 is 19.2 Å². The Labute approximate surface area is 198 Å². The highest BCUT2D eigenvalue weighted by Crippen LogP contribution is 2.28. The van der Waals surface area contributed by atoms with E-state index in [0.717, 1.165) is 10.5 Å². The van der Waals surface area contributed by atoms with Crippen molar-refractivity contribution in [3.63, 3.8) is 0 Å². The van der Waals surface area contributed by atoms with Crippen molar-refractivity contribution >= 4 is 29.7 Å². The van der Waals surface area contributed by atoms with Crippen LogP contribution < -0.4 is 10.1 Å². The van der Waals surface area contributed by atoms with Gasteiger partial charge in [-0.2, -0.15) is 0 Å². The highest BCUT2D eigenvalue weighted by Gasteiger charge is 2.34. The first-order chi connectivity index (χ1) is 16.9. The van der Waals surface area contributed by atoms with Crippen LogP contribution in [0.5, 0.6) is 5.75 Å². The highest BCUT2D eigenvalue weighted by molar-refractivity contribution is 6.14. The number of carbonyl (C=O) groups is 3. The summed E-state index contributed by atoms with van der Waals surface area (Å²) in [7, 11) is 1.20. The smallest absolute Gasteiger partial charge is 0.373 e. The standard InChI is InChI=1S/C24H19N3O8/c1-33-23(29)21-10-8-18(35-21)13-26-22(28)19(25-24(26)30)12-16-11-17(27(31)32)7-9-20(16)34-14-15-5-3-2-4-6-15/h2-12H,13-14H2,1H3,(H,25,30)/b19-12-. The zero-order valence-corrected chi connectivity index (χ0v) is 18.4. The number of nitro benzene ring substituents is 1. The van der Waals surface area contributed by atoms with Gasteiger partial charge in [-0.25, -0.2) is 9.59 Å². The van der Waals surface area contributed by atoms with Crippen LogP contribution in [0, 0.1) is 10.1 Å². The summed E-state index contributed by atoms with van der Waals surface area (Å²) < 4.78 is 15.7. The number of furan rings is 1. The van der Waals surface area contributed by atoms with E-state index >= 15 is 0 Å². The van der Waals surface area contributed by atoms with E-state index in [-0.39, 0.29) is 41.6 Å². The molecular formula is C24H19N3O8. The van der Waals surface area contributed by atoms with Crippen molar-refractivity contribution < 1.29 is 33.2 Å². The van der Waals surface area contributed by atoms with E-state index in [4.69, 9.17) is 9.15 Å². The third-order valence-corrected chi connectivity index (χ3v) is 5.07. The Morgan fingerprint density at radius 2 is 1.91 bits per heavy atom. The summed E-state index contributed by atoms with van der Waals surface area (Å²) in [5, 5.41) is 13.7. The molecule has 35 heavy (non-hydrogen) atoms. The van der Waals surface area contributed by atoms with Gasteiger partial charge in [0.2, 0.25) is 5.76 Å². The number of urea groups is 1. The fourth-order valence-electron chi connectivity index (χ4n) is 3.33. The van der Waals surface area contributed by atoms with E-state index in [0.29, 0.717) is 5.75 Å². The number of hydrogen-bond acceptors (Lipinski definition) is 8. The summed E-state index contributed by atoms with van der Waals surface area (Å²) in [5.74, 6) is -0.949. The van der Waals surface area contributed by atoms with Gasteiger partial charge in [0, 0.05) is 17.7 Å². The Bertz CT molecular complexity index is 1330. The molecule has 0 bridgehead atoms. The van der Waals surface area contributed by atoms with Crippen LogP contribution in [0.15, 0.2) is 70.8 Å². The normalized spacial score (nSPS) is 14.2. The molecule has 11 nitrogen and oxygen atoms in total. The number of amides is 3. The molecule has 0 radical (unpaired) electrons. The van der Waals surface area contributed by atoms with Crippen LogP contribution >= 0.6 is 0 Å². The number of rotatable bonds is 8. The molecular weight excluding hydrogens is 458 g/mol. The Hall–Kier alpha value is -4.93. The fraction of sp³-hybridized carbons (Fsp3) is 0.125. The number of benzene rings is 2. The third kappa shape index (κ3) is 5.19. The van der Waals surface area contributed by atoms with Crippen LogP contribution in [0.4, 0.5) is 10.5 Å². The van der Waals surface area contributed by atoms with E-state index in [9.17, 15) is 24.5 Å². The van der Waals surface area contributed by atoms with Gasteiger partial charge in [0.15, 0.2) is 0 Å². The molecule has 0 saturated carbocycles. The first-order valence-corrected chi connectivity index (χ1v) is 10.3. The average molecular weight is 477 g/mol. The first-order valence-electron chi connectivity index (χ1n) is 10.3. The molecule has 2 aromatic carbocycles. The van der Waals surface area contributed by atoms with Crippen molar-refractivity contribution in [3.8, 4) is 5.75 Å². The lowest BCUT2D eigenvalue weighted by Crippen LogP contribution is -2.30. The minimum Gasteiger partial charge on any atom is -0.488 e. The van der Waals surface area contributed by atoms with Gasteiger partial charge in [-0.15, -0.1) is 0 Å². The number of esters is 1. The molecule has 1 saturated heterocycles. The van der Waals surface area contributed by atoms with Gasteiger partial charge in [-0.05, 0) is 29.8 Å². The van der Waals surface area contributed by atoms with Crippen LogP contribution in [-0.2, 0) is 22.7 Å². The van der Waals surface area contributed by atoms with Gasteiger partial charge >= 0.3 is 12.0 Å². The van der Waals surface area contributed by atoms with Crippen molar-refractivity contribution in [2.24, 2.45) is 0 Å². The quantitative estimate of drug-likeness (QED) is 0.170. The van der Waals surface area contributed by atoms with Crippen molar-refractivity contribution in [3.05, 3.63) is 99.1 Å². The molecule has 2 heterocycles. The predicted molar refractivity (Wildman–Crippen MR) is 121 cm³/mol. The Balaban J connectivity index is 1.57. The molecule has 11 heteroatoms. The number of hydrogen-bond donors (Lipinski definition) is 1. The molecule has 3 amide bonds. The lowest BCUT2D eigenvalue weighted by Gasteiger charge is -2.10. The largest absolute Gasteiger partial charge is 0.488 e. The Morgan fingerprint density at radius 1 is 1.14 bits per heavy atom. The summed E-state index contributed by atoms with van der Waals surface area (Å²) in [6.45, 7) is -0.0341.